The zero-order valence-electron chi connectivity index (χ0n) is 15.3. The van der Waals surface area contributed by atoms with Crippen LogP contribution >= 0.6 is 0 Å². The molecule has 1 aliphatic heterocycles. The molecule has 0 N–H and O–H groups in total. The van der Waals surface area contributed by atoms with Crippen molar-refractivity contribution in [1.29, 1.82) is 0 Å². The maximum atomic E-state index is 14.3. The van der Waals surface area contributed by atoms with Gasteiger partial charge >= 0.3 is 0 Å². The molecule has 2 heterocycles. The molecule has 1 aromatic heterocycles. The summed E-state index contributed by atoms with van der Waals surface area (Å²) in [4.78, 5) is 15.1. The molecule has 2 aromatic carbocycles. The Bertz CT molecular complexity index is 943. The van der Waals surface area contributed by atoms with Gasteiger partial charge in [-0.15, -0.1) is 0 Å². The van der Waals surface area contributed by atoms with Gasteiger partial charge in [0.2, 0.25) is 0 Å². The number of para-hydroxylation sites is 1. The molecule has 1 fully saturated rings. The lowest BCUT2D eigenvalue weighted by Crippen LogP contribution is -2.38. The highest BCUT2D eigenvalue weighted by Gasteiger charge is 2.26. The SMILES string of the molecule is CC1CCN(C(=O)c2cc(-c3ccccc3F)nn2-c2ccccc2)CC1. The van der Waals surface area contributed by atoms with E-state index in [1.54, 1.807) is 28.9 Å². The minimum Gasteiger partial charge on any atom is -0.337 e. The van der Waals surface area contributed by atoms with Crippen molar-refractivity contribution in [2.75, 3.05) is 13.1 Å². The molecule has 1 amide bonds. The third-order valence-corrected chi connectivity index (χ3v) is 5.15. The van der Waals surface area contributed by atoms with E-state index in [9.17, 15) is 9.18 Å². The van der Waals surface area contributed by atoms with E-state index < -0.39 is 0 Å². The van der Waals surface area contributed by atoms with Crippen molar-refractivity contribution in [3.63, 3.8) is 0 Å². The lowest BCUT2D eigenvalue weighted by molar-refractivity contribution is 0.0688. The molecule has 0 unspecified atom stereocenters. The quantitative estimate of drug-likeness (QED) is 0.685. The van der Waals surface area contributed by atoms with Crippen molar-refractivity contribution in [2.45, 2.75) is 19.8 Å². The van der Waals surface area contributed by atoms with E-state index in [-0.39, 0.29) is 11.7 Å². The zero-order valence-corrected chi connectivity index (χ0v) is 15.3. The molecule has 4 nitrogen and oxygen atoms in total. The van der Waals surface area contributed by atoms with E-state index in [1.807, 2.05) is 35.2 Å². The van der Waals surface area contributed by atoms with Gasteiger partial charge in [0.25, 0.3) is 5.91 Å². The molecule has 27 heavy (non-hydrogen) atoms. The van der Waals surface area contributed by atoms with E-state index in [2.05, 4.69) is 12.0 Å². The zero-order chi connectivity index (χ0) is 18.8. The second-order valence-corrected chi connectivity index (χ2v) is 7.12. The molecule has 0 radical (unpaired) electrons. The Morgan fingerprint density at radius 2 is 1.70 bits per heavy atom. The predicted octanol–water partition coefficient (Wildman–Crippen LogP) is 4.55. The van der Waals surface area contributed by atoms with Gasteiger partial charge in [-0.05, 0) is 49.1 Å². The van der Waals surface area contributed by atoms with Crippen LogP contribution < -0.4 is 0 Å². The maximum Gasteiger partial charge on any atom is 0.272 e. The van der Waals surface area contributed by atoms with Crippen LogP contribution in [0.4, 0.5) is 4.39 Å². The highest BCUT2D eigenvalue weighted by atomic mass is 19.1. The number of piperidine rings is 1. The summed E-state index contributed by atoms with van der Waals surface area (Å²) in [5.41, 5.74) is 2.11. The van der Waals surface area contributed by atoms with Crippen molar-refractivity contribution >= 4 is 5.91 Å². The van der Waals surface area contributed by atoms with Crippen LogP contribution in [0.5, 0.6) is 0 Å². The summed E-state index contributed by atoms with van der Waals surface area (Å²) in [7, 11) is 0. The molecule has 0 spiro atoms. The van der Waals surface area contributed by atoms with Crippen LogP contribution in [0.2, 0.25) is 0 Å². The van der Waals surface area contributed by atoms with Crippen LogP contribution in [0.25, 0.3) is 16.9 Å². The average Bonchev–Trinajstić information content (AvgIpc) is 3.14. The average molecular weight is 363 g/mol. The Labute approximate surface area is 158 Å². The number of likely N-dealkylation sites (tertiary alicyclic amines) is 1. The molecule has 1 saturated heterocycles. The summed E-state index contributed by atoms with van der Waals surface area (Å²) >= 11 is 0. The van der Waals surface area contributed by atoms with Crippen molar-refractivity contribution in [1.82, 2.24) is 14.7 Å². The third kappa shape index (κ3) is 3.50. The van der Waals surface area contributed by atoms with E-state index in [1.165, 1.54) is 6.07 Å². The number of hydrogen-bond acceptors (Lipinski definition) is 2. The molecule has 0 bridgehead atoms. The van der Waals surface area contributed by atoms with Gasteiger partial charge in [0.15, 0.2) is 0 Å². The van der Waals surface area contributed by atoms with Gasteiger partial charge in [-0.25, -0.2) is 9.07 Å². The molecule has 3 aromatic rings. The van der Waals surface area contributed by atoms with E-state index in [4.69, 9.17) is 0 Å². The minimum absolute atomic E-state index is 0.0548. The summed E-state index contributed by atoms with van der Waals surface area (Å²) in [5, 5.41) is 4.57. The van der Waals surface area contributed by atoms with Crippen molar-refractivity contribution in [2.24, 2.45) is 5.92 Å². The molecular weight excluding hydrogens is 341 g/mol. The largest absolute Gasteiger partial charge is 0.337 e. The molecule has 5 heteroatoms. The Morgan fingerprint density at radius 3 is 2.41 bits per heavy atom. The number of rotatable bonds is 3. The second kappa shape index (κ2) is 7.35. The van der Waals surface area contributed by atoms with Gasteiger partial charge in [-0.3, -0.25) is 4.79 Å². The van der Waals surface area contributed by atoms with Crippen LogP contribution in [0.15, 0.2) is 60.7 Å². The van der Waals surface area contributed by atoms with Crippen LogP contribution in [0, 0.1) is 11.7 Å². The number of hydrogen-bond donors (Lipinski definition) is 0. The number of aromatic nitrogens is 2. The standard InChI is InChI=1S/C22H22FN3O/c1-16-11-13-25(14-12-16)22(27)21-15-20(18-9-5-6-10-19(18)23)24-26(21)17-7-3-2-4-8-17/h2-10,15-16H,11-14H2,1H3. The summed E-state index contributed by atoms with van der Waals surface area (Å²) in [6.45, 7) is 3.70. The maximum absolute atomic E-state index is 14.3. The first-order valence-corrected chi connectivity index (χ1v) is 9.33. The fourth-order valence-corrected chi connectivity index (χ4v) is 3.47. The molecule has 4 rings (SSSR count). The van der Waals surface area contributed by atoms with E-state index in [0.717, 1.165) is 31.6 Å². The molecule has 1 aliphatic rings. The number of benzene rings is 2. The first kappa shape index (κ1) is 17.5. The lowest BCUT2D eigenvalue weighted by Gasteiger charge is -2.30. The monoisotopic (exact) mass is 363 g/mol. The number of nitrogens with zero attached hydrogens (tertiary/aromatic N) is 3. The Morgan fingerprint density at radius 1 is 1.04 bits per heavy atom. The topological polar surface area (TPSA) is 38.1 Å². The lowest BCUT2D eigenvalue weighted by atomic mass is 9.99. The van der Waals surface area contributed by atoms with E-state index in [0.29, 0.717) is 22.9 Å². The fraction of sp³-hybridized carbons (Fsp3) is 0.273. The molecule has 138 valence electrons. The van der Waals surface area contributed by atoms with Crippen LogP contribution in [-0.4, -0.2) is 33.7 Å². The van der Waals surface area contributed by atoms with Crippen LogP contribution in [-0.2, 0) is 0 Å². The molecule has 0 aliphatic carbocycles. The number of carbonyl (C=O) groups excluding carboxylic acids is 1. The molecular formula is C22H22FN3O. The first-order chi connectivity index (χ1) is 13.1. The van der Waals surface area contributed by atoms with Gasteiger partial charge in [0.1, 0.15) is 11.5 Å². The van der Waals surface area contributed by atoms with Gasteiger partial charge < -0.3 is 4.90 Å². The Hall–Kier alpha value is -2.95. The summed E-state index contributed by atoms with van der Waals surface area (Å²) in [6, 6.07) is 17.7. The van der Waals surface area contributed by atoms with Crippen LogP contribution in [0.1, 0.15) is 30.3 Å². The van der Waals surface area contributed by atoms with Crippen LogP contribution in [0.3, 0.4) is 0 Å². The summed E-state index contributed by atoms with van der Waals surface area (Å²) in [5.74, 6) is 0.240. The smallest absolute Gasteiger partial charge is 0.272 e. The predicted molar refractivity (Wildman–Crippen MR) is 103 cm³/mol. The van der Waals surface area contributed by atoms with Crippen molar-refractivity contribution in [3.8, 4) is 16.9 Å². The van der Waals surface area contributed by atoms with Gasteiger partial charge in [0.05, 0.1) is 11.4 Å². The van der Waals surface area contributed by atoms with Gasteiger partial charge in [-0.2, -0.15) is 5.10 Å². The van der Waals surface area contributed by atoms with Crippen molar-refractivity contribution < 1.29 is 9.18 Å². The highest BCUT2D eigenvalue weighted by molar-refractivity contribution is 5.94. The first-order valence-electron chi connectivity index (χ1n) is 9.33. The highest BCUT2D eigenvalue weighted by Crippen LogP contribution is 2.26. The number of halogens is 1. The second-order valence-electron chi connectivity index (χ2n) is 7.12. The molecule has 0 atom stereocenters. The Kier molecular flexibility index (Phi) is 4.75. The third-order valence-electron chi connectivity index (χ3n) is 5.15. The normalized spacial score (nSPS) is 15.1. The number of amides is 1. The van der Waals surface area contributed by atoms with E-state index >= 15 is 0 Å². The summed E-state index contributed by atoms with van der Waals surface area (Å²) in [6.07, 6.45) is 2.01. The number of carbonyl (C=O) groups is 1. The van der Waals surface area contributed by atoms with Gasteiger partial charge in [-0.1, -0.05) is 37.3 Å². The Balaban J connectivity index is 1.77. The fourth-order valence-electron chi connectivity index (χ4n) is 3.47. The minimum atomic E-state index is -0.346. The van der Waals surface area contributed by atoms with Gasteiger partial charge in [0, 0.05) is 18.7 Å². The summed E-state index contributed by atoms with van der Waals surface area (Å²) < 4.78 is 15.9. The van der Waals surface area contributed by atoms with Crippen molar-refractivity contribution in [3.05, 3.63) is 72.2 Å². The molecule has 0 saturated carbocycles.